The first-order chi connectivity index (χ1) is 8.96. The Labute approximate surface area is 110 Å². The maximum atomic E-state index is 12.8. The van der Waals surface area contributed by atoms with E-state index in [4.69, 9.17) is 0 Å². The second kappa shape index (κ2) is 5.34. The van der Waals surface area contributed by atoms with Gasteiger partial charge in [-0.25, -0.2) is 0 Å². The lowest BCUT2D eigenvalue weighted by molar-refractivity contribution is -0.141. The second-order valence-electron chi connectivity index (χ2n) is 4.13. The van der Waals surface area contributed by atoms with Gasteiger partial charge in [0.25, 0.3) is 0 Å². The third-order valence-electron chi connectivity index (χ3n) is 2.48. The predicted octanol–water partition coefficient (Wildman–Crippen LogP) is 4.38. The van der Waals surface area contributed by atoms with Crippen molar-refractivity contribution in [2.75, 3.05) is 5.32 Å². The molecule has 20 heavy (non-hydrogen) atoms. The van der Waals surface area contributed by atoms with Crippen molar-refractivity contribution in [2.24, 2.45) is 0 Å². The lowest BCUT2D eigenvalue weighted by Crippen LogP contribution is -2.21. The van der Waals surface area contributed by atoms with E-state index >= 15 is 0 Å². The number of hydrogen-bond donors (Lipinski definition) is 1. The van der Waals surface area contributed by atoms with E-state index in [9.17, 15) is 31.1 Å². The smallest absolute Gasteiger partial charge is 0.325 e. The molecule has 0 aromatic heterocycles. The minimum Gasteiger partial charge on any atom is -0.325 e. The zero-order chi connectivity index (χ0) is 15.7. The van der Waals surface area contributed by atoms with Crippen LogP contribution >= 0.6 is 0 Å². The summed E-state index contributed by atoms with van der Waals surface area (Å²) in [5, 5.41) is 1.69. The number of benzene rings is 1. The van der Waals surface area contributed by atoms with E-state index in [0.29, 0.717) is 12.1 Å². The molecule has 1 aromatic carbocycles. The van der Waals surface area contributed by atoms with Gasteiger partial charge in [0.15, 0.2) is 0 Å². The van der Waals surface area contributed by atoms with Crippen LogP contribution in [0.2, 0.25) is 0 Å². The van der Waals surface area contributed by atoms with Crippen molar-refractivity contribution in [1.29, 1.82) is 0 Å². The van der Waals surface area contributed by atoms with E-state index in [-0.39, 0.29) is 12.0 Å². The summed E-state index contributed by atoms with van der Waals surface area (Å²) in [6.45, 7) is 2.44. The van der Waals surface area contributed by atoms with Crippen LogP contribution in [-0.2, 0) is 17.1 Å². The van der Waals surface area contributed by atoms with Crippen LogP contribution in [0.3, 0.4) is 0 Å². The monoisotopic (exact) mass is 299 g/mol. The number of alkyl halides is 6. The van der Waals surface area contributed by atoms with Crippen LogP contribution in [0, 0.1) is 6.92 Å². The highest BCUT2D eigenvalue weighted by Gasteiger charge is 2.41. The van der Waals surface area contributed by atoms with E-state index < -0.39 is 35.1 Å². The molecular weight excluding hydrogens is 288 g/mol. The molecule has 1 N–H and O–H groups in total. The van der Waals surface area contributed by atoms with E-state index in [2.05, 4.69) is 0 Å². The van der Waals surface area contributed by atoms with Gasteiger partial charge >= 0.3 is 12.4 Å². The molecule has 0 saturated carbocycles. The molecule has 8 heteroatoms. The zero-order valence-corrected chi connectivity index (χ0v) is 10.5. The Morgan fingerprint density at radius 2 is 1.45 bits per heavy atom. The molecule has 0 heterocycles. The van der Waals surface area contributed by atoms with Crippen LogP contribution in [0.4, 0.5) is 32.0 Å². The Balaban J connectivity index is 3.58. The highest BCUT2D eigenvalue weighted by Crippen LogP contribution is 2.43. The van der Waals surface area contributed by atoms with Crippen molar-refractivity contribution in [2.45, 2.75) is 32.6 Å². The van der Waals surface area contributed by atoms with Crippen LogP contribution in [0.25, 0.3) is 0 Å². The number of anilines is 1. The molecular formula is C12H11F6NO. The van der Waals surface area contributed by atoms with Crippen molar-refractivity contribution >= 4 is 11.6 Å². The third kappa shape index (κ3) is 3.64. The quantitative estimate of drug-likeness (QED) is 0.807. The number of rotatable bonds is 2. The Kier molecular flexibility index (Phi) is 4.36. The van der Waals surface area contributed by atoms with Gasteiger partial charge in [-0.15, -0.1) is 0 Å². The fraction of sp³-hybridized carbons (Fsp3) is 0.417. The molecule has 1 rings (SSSR count). The third-order valence-corrected chi connectivity index (χ3v) is 2.48. The SMILES string of the molecule is CCC(=O)Nc1c(C(F)(F)F)cc(C)cc1C(F)(F)F. The van der Waals surface area contributed by atoms with Gasteiger partial charge in [-0.1, -0.05) is 6.92 Å². The second-order valence-corrected chi connectivity index (χ2v) is 4.13. The predicted molar refractivity (Wildman–Crippen MR) is 60.1 cm³/mol. The van der Waals surface area contributed by atoms with E-state index in [1.165, 1.54) is 6.92 Å². The van der Waals surface area contributed by atoms with Crippen molar-refractivity contribution in [3.05, 3.63) is 28.8 Å². The Morgan fingerprint density at radius 1 is 1.05 bits per heavy atom. The molecule has 1 aromatic rings. The Bertz CT molecular complexity index is 483. The number of carbonyl (C=O) groups excluding carboxylic acids is 1. The topological polar surface area (TPSA) is 29.1 Å². The van der Waals surface area contributed by atoms with Gasteiger partial charge in [-0.2, -0.15) is 26.3 Å². The average molecular weight is 299 g/mol. The summed E-state index contributed by atoms with van der Waals surface area (Å²) in [5.74, 6) is -0.926. The fourth-order valence-electron chi connectivity index (χ4n) is 1.60. The van der Waals surface area contributed by atoms with Crippen molar-refractivity contribution in [3.63, 3.8) is 0 Å². The number of carbonyl (C=O) groups is 1. The van der Waals surface area contributed by atoms with E-state index in [1.807, 2.05) is 0 Å². The molecule has 0 aliphatic rings. The molecule has 0 atom stereocenters. The standard InChI is InChI=1S/C12H11F6NO/c1-3-9(20)19-10-7(11(13,14)15)4-6(2)5-8(10)12(16,17)18/h4-5H,3H2,1-2H3,(H,19,20). The van der Waals surface area contributed by atoms with Crippen LogP contribution < -0.4 is 5.32 Å². The Morgan fingerprint density at radius 3 is 1.75 bits per heavy atom. The molecule has 0 fully saturated rings. The van der Waals surface area contributed by atoms with Crippen molar-refractivity contribution in [1.82, 2.24) is 0 Å². The van der Waals surface area contributed by atoms with Gasteiger partial charge in [0.1, 0.15) is 0 Å². The first-order valence-electron chi connectivity index (χ1n) is 5.55. The van der Waals surface area contributed by atoms with Crippen molar-refractivity contribution in [3.8, 4) is 0 Å². The van der Waals surface area contributed by atoms with Gasteiger partial charge in [0, 0.05) is 6.42 Å². The number of aryl methyl sites for hydroxylation is 1. The highest BCUT2D eigenvalue weighted by atomic mass is 19.4. The summed E-state index contributed by atoms with van der Waals surface area (Å²) in [5.41, 5.74) is -4.46. The van der Waals surface area contributed by atoms with E-state index in [0.717, 1.165) is 6.92 Å². The molecule has 0 aliphatic heterocycles. The molecule has 0 radical (unpaired) electrons. The maximum absolute atomic E-state index is 12.8. The van der Waals surface area contributed by atoms with Crippen LogP contribution in [0.5, 0.6) is 0 Å². The van der Waals surface area contributed by atoms with Gasteiger partial charge in [0.05, 0.1) is 16.8 Å². The van der Waals surface area contributed by atoms with Gasteiger partial charge in [-0.05, 0) is 24.6 Å². The molecule has 112 valence electrons. The van der Waals surface area contributed by atoms with Crippen LogP contribution in [0.1, 0.15) is 30.0 Å². The van der Waals surface area contributed by atoms with Gasteiger partial charge < -0.3 is 5.32 Å². The average Bonchev–Trinajstić information content (AvgIpc) is 2.27. The normalized spacial score (nSPS) is 12.4. The summed E-state index contributed by atoms with van der Waals surface area (Å²) in [4.78, 5) is 11.2. The lowest BCUT2D eigenvalue weighted by atomic mass is 10.0. The number of halogens is 6. The number of nitrogens with one attached hydrogen (secondary N) is 1. The summed E-state index contributed by atoms with van der Waals surface area (Å²) < 4.78 is 77.0. The summed E-state index contributed by atoms with van der Waals surface area (Å²) in [6.07, 6.45) is -10.2. The number of hydrogen-bond acceptors (Lipinski definition) is 1. The lowest BCUT2D eigenvalue weighted by Gasteiger charge is -2.20. The minimum atomic E-state index is -5.00. The minimum absolute atomic E-state index is 0.195. The van der Waals surface area contributed by atoms with Gasteiger partial charge in [-0.3, -0.25) is 4.79 Å². The van der Waals surface area contributed by atoms with Gasteiger partial charge in [0.2, 0.25) is 5.91 Å². The van der Waals surface area contributed by atoms with Crippen molar-refractivity contribution < 1.29 is 31.1 Å². The summed E-state index contributed by atoms with van der Waals surface area (Å²) >= 11 is 0. The van der Waals surface area contributed by atoms with Crippen LogP contribution in [0.15, 0.2) is 12.1 Å². The molecule has 0 saturated heterocycles. The first kappa shape index (κ1) is 16.3. The molecule has 2 nitrogen and oxygen atoms in total. The summed E-state index contributed by atoms with van der Waals surface area (Å²) in [6, 6.07) is 1.14. The zero-order valence-electron chi connectivity index (χ0n) is 10.5. The molecule has 0 spiro atoms. The first-order valence-corrected chi connectivity index (χ1v) is 5.55. The molecule has 0 bridgehead atoms. The molecule has 0 unspecified atom stereocenters. The summed E-state index contributed by atoms with van der Waals surface area (Å²) in [7, 11) is 0. The molecule has 1 amide bonds. The van der Waals surface area contributed by atoms with Crippen LogP contribution in [-0.4, -0.2) is 5.91 Å². The molecule has 0 aliphatic carbocycles. The fourth-order valence-corrected chi connectivity index (χ4v) is 1.60. The van der Waals surface area contributed by atoms with E-state index in [1.54, 1.807) is 5.32 Å². The maximum Gasteiger partial charge on any atom is 0.418 e. The Hall–Kier alpha value is -1.73. The highest BCUT2D eigenvalue weighted by molar-refractivity contribution is 5.92. The number of amides is 1. The largest absolute Gasteiger partial charge is 0.418 e.